The van der Waals surface area contributed by atoms with E-state index in [0.29, 0.717) is 22.9 Å². The average molecular weight is 350 g/mol. The molecule has 25 heavy (non-hydrogen) atoms. The summed E-state index contributed by atoms with van der Waals surface area (Å²) in [4.78, 5) is 7.54. The van der Waals surface area contributed by atoms with E-state index in [-0.39, 0.29) is 0 Å². The first-order valence-electron chi connectivity index (χ1n) is 7.35. The molecule has 10 heteroatoms. The fourth-order valence-corrected chi connectivity index (χ4v) is 3.35. The molecule has 0 aliphatic carbocycles. The highest BCUT2D eigenvalue weighted by Crippen LogP contribution is 2.39. The molecule has 0 bridgehead atoms. The fraction of sp³-hybridized carbons (Fsp3) is 0. The van der Waals surface area contributed by atoms with Crippen LogP contribution in [0.2, 0.25) is 0 Å². The van der Waals surface area contributed by atoms with Crippen LogP contribution < -0.4 is 0 Å². The predicted molar refractivity (Wildman–Crippen MR) is 89.9 cm³/mol. The Bertz CT molecular complexity index is 988. The van der Waals surface area contributed by atoms with Crippen LogP contribution in [0.25, 0.3) is 39.2 Å². The molecule has 0 saturated heterocycles. The van der Waals surface area contributed by atoms with Crippen LogP contribution in [-0.2, 0) is 0 Å². The zero-order valence-electron chi connectivity index (χ0n) is 12.6. The molecule has 2 N–H and O–H groups in total. The van der Waals surface area contributed by atoms with Gasteiger partial charge in [-0.2, -0.15) is 20.5 Å². The van der Waals surface area contributed by atoms with Gasteiger partial charge in [0.2, 0.25) is 0 Å². The maximum Gasteiger partial charge on any atom is 0.141 e. The molecule has 0 fully saturated rings. The van der Waals surface area contributed by atoms with Gasteiger partial charge in [0.05, 0.1) is 11.8 Å². The zero-order chi connectivity index (χ0) is 16.6. The van der Waals surface area contributed by atoms with Crippen molar-refractivity contribution in [2.24, 2.45) is 0 Å². The number of hydrogen-bond donors (Lipinski definition) is 2. The van der Waals surface area contributed by atoms with Crippen molar-refractivity contribution >= 4 is 11.3 Å². The number of aromatic nitrogens is 8. The maximum absolute atomic E-state index is 5.01. The second-order valence-corrected chi connectivity index (χ2v) is 6.04. The number of thiophene rings is 1. The van der Waals surface area contributed by atoms with E-state index in [1.54, 1.807) is 36.0 Å². The highest BCUT2D eigenvalue weighted by Gasteiger charge is 2.27. The van der Waals surface area contributed by atoms with Crippen LogP contribution in [0.15, 0.2) is 53.0 Å². The number of nitrogens with zero attached hydrogens (tertiary/aromatic N) is 6. The van der Waals surface area contributed by atoms with Gasteiger partial charge in [-0.05, 0) is 17.5 Å². The van der Waals surface area contributed by atoms with Gasteiger partial charge in [-0.3, -0.25) is 0 Å². The molecule has 122 valence electrons. The monoisotopic (exact) mass is 350 g/mol. The van der Waals surface area contributed by atoms with Gasteiger partial charge in [0.1, 0.15) is 39.9 Å². The molecule has 0 atom stereocenters. The van der Waals surface area contributed by atoms with Gasteiger partial charge in [0.15, 0.2) is 0 Å². The lowest BCUT2D eigenvalue weighted by Gasteiger charge is -2.03. The van der Waals surface area contributed by atoms with Crippen molar-refractivity contribution in [1.29, 1.82) is 0 Å². The molecule has 0 unspecified atom stereocenters. The van der Waals surface area contributed by atoms with E-state index < -0.39 is 0 Å². The minimum atomic E-state index is 0.617. The highest BCUT2D eigenvalue weighted by molar-refractivity contribution is 7.12. The molecular formula is C15H10N8OS. The maximum atomic E-state index is 5.01. The number of imidazole rings is 1. The van der Waals surface area contributed by atoms with Crippen LogP contribution in [0.4, 0.5) is 0 Å². The van der Waals surface area contributed by atoms with Crippen LogP contribution in [0.1, 0.15) is 0 Å². The molecule has 9 nitrogen and oxygen atoms in total. The molecule has 5 heterocycles. The van der Waals surface area contributed by atoms with Crippen LogP contribution in [-0.4, -0.2) is 40.3 Å². The SMILES string of the molecule is c1csc(-n2nc(-c3ccon3)c(-c3ncc[nH]3)c2-c2cn[nH]n2)c1. The minimum absolute atomic E-state index is 0.617. The van der Waals surface area contributed by atoms with E-state index >= 15 is 0 Å². The van der Waals surface area contributed by atoms with Gasteiger partial charge in [-0.1, -0.05) is 5.16 Å². The van der Waals surface area contributed by atoms with Crippen LogP contribution in [0, 0.1) is 0 Å². The summed E-state index contributed by atoms with van der Waals surface area (Å²) in [6, 6.07) is 5.72. The van der Waals surface area contributed by atoms with Crippen molar-refractivity contribution < 1.29 is 4.52 Å². The summed E-state index contributed by atoms with van der Waals surface area (Å²) >= 11 is 1.57. The predicted octanol–water partition coefficient (Wildman–Crippen LogP) is 2.76. The normalized spacial score (nSPS) is 11.2. The third-order valence-corrected chi connectivity index (χ3v) is 4.52. The lowest BCUT2D eigenvalue weighted by Crippen LogP contribution is -1.97. The average Bonchev–Trinajstić information content (AvgIpc) is 3.48. The topological polar surface area (TPSA) is 114 Å². The van der Waals surface area contributed by atoms with Gasteiger partial charge < -0.3 is 9.51 Å². The Morgan fingerprint density at radius 1 is 1.20 bits per heavy atom. The molecule has 0 radical (unpaired) electrons. The molecule has 5 aromatic rings. The molecule has 0 aliphatic heterocycles. The Morgan fingerprint density at radius 2 is 2.20 bits per heavy atom. The Balaban J connectivity index is 1.88. The summed E-state index contributed by atoms with van der Waals surface area (Å²) in [7, 11) is 0. The van der Waals surface area contributed by atoms with Gasteiger partial charge in [-0.15, -0.1) is 11.3 Å². The molecule has 0 saturated carbocycles. The van der Waals surface area contributed by atoms with E-state index in [9.17, 15) is 0 Å². The first-order valence-corrected chi connectivity index (χ1v) is 8.23. The lowest BCUT2D eigenvalue weighted by molar-refractivity contribution is 0.422. The van der Waals surface area contributed by atoms with Gasteiger partial charge >= 0.3 is 0 Å². The van der Waals surface area contributed by atoms with E-state index in [0.717, 1.165) is 16.3 Å². The first-order chi connectivity index (χ1) is 12.4. The quantitative estimate of drug-likeness (QED) is 0.515. The molecule has 0 aliphatic rings. The van der Waals surface area contributed by atoms with Crippen molar-refractivity contribution in [2.45, 2.75) is 0 Å². The second-order valence-electron chi connectivity index (χ2n) is 5.11. The minimum Gasteiger partial charge on any atom is -0.364 e. The third-order valence-electron chi connectivity index (χ3n) is 3.67. The third kappa shape index (κ3) is 2.19. The Labute approximate surface area is 144 Å². The highest BCUT2D eigenvalue weighted by atomic mass is 32.1. The second kappa shape index (κ2) is 5.53. The lowest BCUT2D eigenvalue weighted by atomic mass is 10.1. The summed E-state index contributed by atoms with van der Waals surface area (Å²) in [5, 5.41) is 22.6. The summed E-state index contributed by atoms with van der Waals surface area (Å²) in [6.45, 7) is 0. The van der Waals surface area contributed by atoms with E-state index in [2.05, 4.69) is 30.5 Å². The van der Waals surface area contributed by atoms with Crippen LogP contribution in [0.3, 0.4) is 0 Å². The van der Waals surface area contributed by atoms with Crippen molar-refractivity contribution in [3.05, 3.63) is 48.4 Å². The molecule has 5 rings (SSSR count). The van der Waals surface area contributed by atoms with E-state index in [1.807, 2.05) is 22.2 Å². The van der Waals surface area contributed by atoms with Gasteiger partial charge in [0, 0.05) is 18.5 Å². The van der Waals surface area contributed by atoms with Crippen molar-refractivity contribution in [3.63, 3.8) is 0 Å². The molecule has 0 aromatic carbocycles. The smallest absolute Gasteiger partial charge is 0.141 e. The number of rotatable bonds is 4. The zero-order valence-corrected chi connectivity index (χ0v) is 13.4. The fourth-order valence-electron chi connectivity index (χ4n) is 2.66. The Kier molecular flexibility index (Phi) is 3.07. The largest absolute Gasteiger partial charge is 0.364 e. The van der Waals surface area contributed by atoms with Crippen LogP contribution >= 0.6 is 11.3 Å². The molecule has 0 spiro atoms. The van der Waals surface area contributed by atoms with Gasteiger partial charge in [0.25, 0.3) is 0 Å². The summed E-state index contributed by atoms with van der Waals surface area (Å²) in [5.41, 5.74) is 3.47. The first kappa shape index (κ1) is 13.9. The molecule has 5 aromatic heterocycles. The number of nitrogens with one attached hydrogen (secondary N) is 2. The molecule has 0 amide bonds. The van der Waals surface area contributed by atoms with E-state index in [4.69, 9.17) is 9.62 Å². The van der Waals surface area contributed by atoms with E-state index in [1.165, 1.54) is 6.26 Å². The van der Waals surface area contributed by atoms with Crippen molar-refractivity contribution in [1.82, 2.24) is 40.3 Å². The molecular weight excluding hydrogens is 340 g/mol. The van der Waals surface area contributed by atoms with Gasteiger partial charge in [-0.25, -0.2) is 9.67 Å². The standard InChI is InChI=1S/C15H10N8OS/c1-2-11(25-7-1)23-14(10-8-18-22-19-10)12(15-16-4-5-17-15)13(20-23)9-3-6-24-21-9/h1-8H,(H,16,17)(H,18,19,22). The summed E-state index contributed by atoms with van der Waals surface area (Å²) < 4.78 is 6.83. The van der Waals surface area contributed by atoms with Crippen LogP contribution in [0.5, 0.6) is 0 Å². The van der Waals surface area contributed by atoms with Crippen molar-refractivity contribution in [3.8, 4) is 39.2 Å². The number of H-pyrrole nitrogens is 2. The number of hydrogen-bond acceptors (Lipinski definition) is 7. The number of aromatic amines is 2. The summed E-state index contributed by atoms with van der Waals surface area (Å²) in [6.07, 6.45) is 6.62. The van der Waals surface area contributed by atoms with Crippen molar-refractivity contribution in [2.75, 3.05) is 0 Å². The Hall–Kier alpha value is -3.53. The summed E-state index contributed by atoms with van der Waals surface area (Å²) in [5.74, 6) is 0.666. The Morgan fingerprint density at radius 3 is 2.88 bits per heavy atom.